The molecule has 1 aromatic carbocycles. The Morgan fingerprint density at radius 2 is 1.71 bits per heavy atom. The Balaban J connectivity index is 1.65. The van der Waals surface area contributed by atoms with Crippen LogP contribution in [0.15, 0.2) is 34.0 Å². The van der Waals surface area contributed by atoms with Crippen molar-refractivity contribution in [3.8, 4) is 23.2 Å². The highest BCUT2D eigenvalue weighted by Gasteiger charge is 2.31. The van der Waals surface area contributed by atoms with Crippen LogP contribution in [-0.2, 0) is 6.42 Å². The quantitative estimate of drug-likeness (QED) is 0.445. The Labute approximate surface area is 198 Å². The summed E-state index contributed by atoms with van der Waals surface area (Å²) in [5, 5.41) is 3.19. The summed E-state index contributed by atoms with van der Waals surface area (Å²) in [6, 6.07) is 4.97. The van der Waals surface area contributed by atoms with Crippen LogP contribution in [0, 0.1) is 6.92 Å². The lowest BCUT2D eigenvalue weighted by Gasteiger charge is -2.25. The number of pyridine rings is 1. The molecule has 0 saturated carbocycles. The first-order valence-electron chi connectivity index (χ1n) is 10.9. The molecule has 0 bridgehead atoms. The molecule has 3 heterocycles. The third-order valence-electron chi connectivity index (χ3n) is 6.23. The number of aromatic amines is 2. The van der Waals surface area contributed by atoms with Crippen molar-refractivity contribution in [1.29, 1.82) is 0 Å². The van der Waals surface area contributed by atoms with Gasteiger partial charge in [0.15, 0.2) is 22.9 Å². The maximum absolute atomic E-state index is 13.4. The Morgan fingerprint density at radius 1 is 1.00 bits per heavy atom. The van der Waals surface area contributed by atoms with Gasteiger partial charge in [-0.3, -0.25) is 24.5 Å². The number of nitrogens with zero attached hydrogens (tertiary/aromatic N) is 3. The normalized spacial score (nSPS) is 15.2. The molecule has 4 aromatic rings. The van der Waals surface area contributed by atoms with Crippen molar-refractivity contribution in [3.63, 3.8) is 0 Å². The maximum Gasteiger partial charge on any atom is 0.283 e. The van der Waals surface area contributed by atoms with Crippen LogP contribution in [0.1, 0.15) is 39.5 Å². The van der Waals surface area contributed by atoms with Gasteiger partial charge < -0.3 is 14.2 Å². The van der Waals surface area contributed by atoms with Crippen LogP contribution < -0.4 is 25.3 Å². The average Bonchev–Trinajstić information content (AvgIpc) is 3.19. The number of nitrogens with one attached hydrogen (secondary N) is 2. The summed E-state index contributed by atoms with van der Waals surface area (Å²) >= 11 is 0. The topological polar surface area (TPSA) is 141 Å². The summed E-state index contributed by atoms with van der Waals surface area (Å²) in [6.45, 7) is 1.66. The van der Waals surface area contributed by atoms with Crippen LogP contribution in [-0.4, -0.2) is 51.8 Å². The van der Waals surface area contributed by atoms with E-state index < -0.39 is 5.56 Å². The first-order chi connectivity index (χ1) is 16.8. The molecule has 1 aliphatic carbocycles. The van der Waals surface area contributed by atoms with E-state index in [1.54, 1.807) is 6.92 Å². The van der Waals surface area contributed by atoms with Gasteiger partial charge in [-0.05, 0) is 42.5 Å². The minimum absolute atomic E-state index is 0.0510. The summed E-state index contributed by atoms with van der Waals surface area (Å²) in [5.41, 5.74) is 1.76. The van der Waals surface area contributed by atoms with Crippen molar-refractivity contribution >= 4 is 16.8 Å². The predicted octanol–water partition coefficient (Wildman–Crippen LogP) is 2.04. The van der Waals surface area contributed by atoms with Crippen LogP contribution in [0.4, 0.5) is 0 Å². The zero-order chi connectivity index (χ0) is 24.9. The van der Waals surface area contributed by atoms with Crippen molar-refractivity contribution < 1.29 is 19.0 Å². The summed E-state index contributed by atoms with van der Waals surface area (Å²) in [7, 11) is 4.59. The number of rotatable bonds is 5. The Bertz CT molecular complexity index is 1570. The third kappa shape index (κ3) is 3.65. The third-order valence-corrected chi connectivity index (χ3v) is 6.23. The standard InChI is InChI=1S/C24H23N5O6/c1-11-5-19(31)27-24(26-11)29-23(32)20-14-6-12(7-16(30)15(14)10-25-22(20)28-29)13-8-17(33-2)21(35-4)18(9-13)34-3/h5,8-10,12H,6-7H2,1-4H3,(H,25,28)(H,26,27,31)/t12-/m1/s1. The van der Waals surface area contributed by atoms with Gasteiger partial charge >= 0.3 is 0 Å². The summed E-state index contributed by atoms with van der Waals surface area (Å²) in [4.78, 5) is 49.6. The molecule has 0 unspecified atom stereocenters. The Morgan fingerprint density at radius 3 is 2.34 bits per heavy atom. The minimum Gasteiger partial charge on any atom is -0.493 e. The first-order valence-corrected chi connectivity index (χ1v) is 10.9. The number of methoxy groups -OCH3 is 3. The number of H-pyrrole nitrogens is 2. The summed E-state index contributed by atoms with van der Waals surface area (Å²) < 4.78 is 17.5. The monoisotopic (exact) mass is 477 g/mol. The highest BCUT2D eigenvalue weighted by Crippen LogP contribution is 2.43. The number of fused-ring (bicyclic) bond motifs is 3. The second kappa shape index (κ2) is 8.42. The van der Waals surface area contributed by atoms with E-state index in [2.05, 4.69) is 20.1 Å². The van der Waals surface area contributed by atoms with E-state index in [1.165, 1.54) is 33.6 Å². The van der Waals surface area contributed by atoms with E-state index in [9.17, 15) is 14.4 Å². The van der Waals surface area contributed by atoms with Gasteiger partial charge in [0.05, 0.1) is 26.7 Å². The van der Waals surface area contributed by atoms with E-state index >= 15 is 0 Å². The predicted molar refractivity (Wildman–Crippen MR) is 126 cm³/mol. The number of ether oxygens (including phenoxy) is 3. The van der Waals surface area contributed by atoms with Crippen molar-refractivity contribution in [3.05, 3.63) is 67.5 Å². The molecule has 180 valence electrons. The summed E-state index contributed by atoms with van der Waals surface area (Å²) in [6.07, 6.45) is 2.14. The van der Waals surface area contributed by atoms with Gasteiger partial charge in [-0.25, -0.2) is 9.97 Å². The highest BCUT2D eigenvalue weighted by atomic mass is 16.5. The smallest absolute Gasteiger partial charge is 0.283 e. The molecule has 0 amide bonds. The van der Waals surface area contributed by atoms with Gasteiger partial charge in [-0.2, -0.15) is 4.68 Å². The first kappa shape index (κ1) is 22.4. The van der Waals surface area contributed by atoms with Gasteiger partial charge in [-0.1, -0.05) is 0 Å². The van der Waals surface area contributed by atoms with E-state index in [0.29, 0.717) is 46.1 Å². The van der Waals surface area contributed by atoms with Crippen LogP contribution in [0.5, 0.6) is 17.2 Å². The molecular formula is C24H23N5O6. The number of hydrogen-bond donors (Lipinski definition) is 2. The SMILES string of the molecule is COc1cc([C@H]2CC(=O)c3cnc4[nH]n(-c5nc(C)cc(=O)[nH]5)c(=O)c4c3C2)cc(OC)c1OC. The number of carbonyl (C=O) groups excluding carboxylic acids is 1. The van der Waals surface area contributed by atoms with E-state index in [4.69, 9.17) is 14.2 Å². The molecule has 5 rings (SSSR count). The number of Topliss-reactive ketones (excluding diaryl/α,β-unsaturated/α-hetero) is 1. The van der Waals surface area contributed by atoms with E-state index in [0.717, 1.165) is 10.2 Å². The Kier molecular flexibility index (Phi) is 5.39. The molecular weight excluding hydrogens is 454 g/mol. The molecule has 0 spiro atoms. The van der Waals surface area contributed by atoms with Crippen LogP contribution in [0.2, 0.25) is 0 Å². The maximum atomic E-state index is 13.4. The molecule has 11 nitrogen and oxygen atoms in total. The molecule has 1 atom stereocenters. The summed E-state index contributed by atoms with van der Waals surface area (Å²) in [5.74, 6) is 1.13. The van der Waals surface area contributed by atoms with Gasteiger partial charge in [-0.15, -0.1) is 0 Å². The number of hydrogen-bond acceptors (Lipinski definition) is 8. The second-order valence-electron chi connectivity index (χ2n) is 8.32. The van der Waals surface area contributed by atoms with Gasteiger partial charge in [0, 0.05) is 29.9 Å². The lowest BCUT2D eigenvalue weighted by molar-refractivity contribution is 0.0964. The van der Waals surface area contributed by atoms with Crippen molar-refractivity contribution in [2.75, 3.05) is 21.3 Å². The zero-order valence-corrected chi connectivity index (χ0v) is 19.6. The molecule has 2 N–H and O–H groups in total. The lowest BCUT2D eigenvalue weighted by atomic mass is 9.79. The van der Waals surface area contributed by atoms with Gasteiger partial charge in [0.2, 0.25) is 11.7 Å². The molecule has 35 heavy (non-hydrogen) atoms. The number of aryl methyl sites for hydroxylation is 1. The molecule has 0 aliphatic heterocycles. The lowest BCUT2D eigenvalue weighted by Crippen LogP contribution is -2.24. The average molecular weight is 477 g/mol. The molecule has 1 aliphatic rings. The van der Waals surface area contributed by atoms with Crippen LogP contribution in [0.3, 0.4) is 0 Å². The molecule has 0 fully saturated rings. The number of aromatic nitrogens is 5. The minimum atomic E-state index is -0.448. The number of ketones is 1. The van der Waals surface area contributed by atoms with Crippen LogP contribution >= 0.6 is 0 Å². The van der Waals surface area contributed by atoms with E-state index in [-0.39, 0.29) is 35.0 Å². The van der Waals surface area contributed by atoms with Crippen LogP contribution in [0.25, 0.3) is 17.0 Å². The zero-order valence-electron chi connectivity index (χ0n) is 19.6. The van der Waals surface area contributed by atoms with Crippen molar-refractivity contribution in [1.82, 2.24) is 24.7 Å². The fraction of sp³-hybridized carbons (Fsp3) is 0.292. The second-order valence-corrected chi connectivity index (χ2v) is 8.32. The van der Waals surface area contributed by atoms with Gasteiger partial charge in [0.1, 0.15) is 0 Å². The van der Waals surface area contributed by atoms with Gasteiger partial charge in [0.25, 0.3) is 11.1 Å². The largest absolute Gasteiger partial charge is 0.493 e. The highest BCUT2D eigenvalue weighted by molar-refractivity contribution is 6.02. The van der Waals surface area contributed by atoms with Crippen molar-refractivity contribution in [2.24, 2.45) is 0 Å². The number of carbonyl (C=O) groups is 1. The molecule has 0 saturated heterocycles. The molecule has 11 heteroatoms. The Hall–Kier alpha value is -4.41. The van der Waals surface area contributed by atoms with E-state index in [1.807, 2.05) is 12.1 Å². The van der Waals surface area contributed by atoms with Crippen molar-refractivity contribution in [2.45, 2.75) is 25.7 Å². The fourth-order valence-corrected chi connectivity index (χ4v) is 4.63. The molecule has 3 aromatic heterocycles. The molecule has 0 radical (unpaired) electrons. The number of benzene rings is 1. The fourth-order valence-electron chi connectivity index (χ4n) is 4.63.